The summed E-state index contributed by atoms with van der Waals surface area (Å²) in [6.45, 7) is 4.18. The Kier molecular flexibility index (Phi) is 10.4. The van der Waals surface area contributed by atoms with Crippen LogP contribution in [0.1, 0.15) is 35.2 Å². The molecule has 1 aromatic carbocycles. The zero-order chi connectivity index (χ0) is 17.5. The first-order valence-corrected chi connectivity index (χ1v) is 9.14. The number of halogens is 2. The summed E-state index contributed by atoms with van der Waals surface area (Å²) in [5, 5.41) is 0. The Balaban J connectivity index is 0.00000182. The standard InChI is InChI=1S/C21H27N3O.2ClH/c1-23(21(25)20-7-12-22-13-8-20)14-9-18-10-15-24(16-11-18)17-19-5-3-2-4-6-19;;/h2-8,12-13,18H,9-11,14-17H2,1H3;2*1H. The molecule has 3 rings (SSSR count). The largest absolute Gasteiger partial charge is 0.342 e. The minimum absolute atomic E-state index is 0. The van der Waals surface area contributed by atoms with Gasteiger partial charge in [0.2, 0.25) is 0 Å². The molecule has 0 saturated carbocycles. The van der Waals surface area contributed by atoms with Gasteiger partial charge in [0.15, 0.2) is 0 Å². The summed E-state index contributed by atoms with van der Waals surface area (Å²) in [5.74, 6) is 0.809. The van der Waals surface area contributed by atoms with Gasteiger partial charge in [-0.1, -0.05) is 30.3 Å². The Morgan fingerprint density at radius 3 is 2.33 bits per heavy atom. The van der Waals surface area contributed by atoms with Gasteiger partial charge in [-0.3, -0.25) is 14.7 Å². The number of nitrogens with zero attached hydrogens (tertiary/aromatic N) is 3. The number of hydrogen-bond donors (Lipinski definition) is 0. The smallest absolute Gasteiger partial charge is 0.253 e. The van der Waals surface area contributed by atoms with Crippen molar-refractivity contribution in [2.75, 3.05) is 26.7 Å². The molecule has 6 heteroatoms. The van der Waals surface area contributed by atoms with Gasteiger partial charge in [-0.2, -0.15) is 0 Å². The van der Waals surface area contributed by atoms with Gasteiger partial charge in [-0.25, -0.2) is 0 Å². The number of carbonyl (C=O) groups excluding carboxylic acids is 1. The highest BCUT2D eigenvalue weighted by molar-refractivity contribution is 5.93. The summed E-state index contributed by atoms with van der Waals surface area (Å²) in [5.41, 5.74) is 2.11. The van der Waals surface area contributed by atoms with Gasteiger partial charge in [0.1, 0.15) is 0 Å². The van der Waals surface area contributed by atoms with Crippen molar-refractivity contribution < 1.29 is 4.79 Å². The number of pyridine rings is 1. The molecule has 2 aromatic rings. The van der Waals surface area contributed by atoms with Crippen LogP contribution in [0.25, 0.3) is 0 Å². The first-order valence-electron chi connectivity index (χ1n) is 9.14. The Hall–Kier alpha value is -1.62. The fraction of sp³-hybridized carbons (Fsp3) is 0.429. The first kappa shape index (κ1) is 23.4. The van der Waals surface area contributed by atoms with E-state index < -0.39 is 0 Å². The second-order valence-corrected chi connectivity index (χ2v) is 6.96. The van der Waals surface area contributed by atoms with Crippen molar-refractivity contribution in [1.29, 1.82) is 0 Å². The topological polar surface area (TPSA) is 36.4 Å². The monoisotopic (exact) mass is 409 g/mol. The van der Waals surface area contributed by atoms with Gasteiger partial charge in [-0.15, -0.1) is 24.8 Å². The molecule has 27 heavy (non-hydrogen) atoms. The number of aromatic nitrogens is 1. The number of piperidine rings is 1. The second-order valence-electron chi connectivity index (χ2n) is 6.96. The predicted molar refractivity (Wildman–Crippen MR) is 115 cm³/mol. The van der Waals surface area contributed by atoms with Crippen LogP contribution in [-0.4, -0.2) is 47.4 Å². The van der Waals surface area contributed by atoms with Crippen molar-refractivity contribution in [3.05, 3.63) is 66.0 Å². The van der Waals surface area contributed by atoms with Crippen molar-refractivity contribution in [2.24, 2.45) is 5.92 Å². The van der Waals surface area contributed by atoms with E-state index in [1.807, 2.05) is 11.9 Å². The molecule has 4 nitrogen and oxygen atoms in total. The molecule has 2 heterocycles. The Morgan fingerprint density at radius 1 is 1.07 bits per heavy atom. The molecule has 1 aliphatic heterocycles. The summed E-state index contributed by atoms with van der Waals surface area (Å²) < 4.78 is 0. The fourth-order valence-corrected chi connectivity index (χ4v) is 3.47. The summed E-state index contributed by atoms with van der Waals surface area (Å²) in [6, 6.07) is 14.2. The highest BCUT2D eigenvalue weighted by Gasteiger charge is 2.20. The summed E-state index contributed by atoms with van der Waals surface area (Å²) in [6.07, 6.45) is 6.88. The van der Waals surface area contributed by atoms with Gasteiger partial charge >= 0.3 is 0 Å². The fourth-order valence-electron chi connectivity index (χ4n) is 3.47. The van der Waals surface area contributed by atoms with Crippen LogP contribution in [0.3, 0.4) is 0 Å². The Bertz CT molecular complexity index is 662. The van der Waals surface area contributed by atoms with Crippen LogP contribution >= 0.6 is 24.8 Å². The highest BCUT2D eigenvalue weighted by atomic mass is 35.5. The van der Waals surface area contributed by atoms with Gasteiger partial charge in [0.05, 0.1) is 0 Å². The molecule has 0 radical (unpaired) electrons. The molecule has 1 amide bonds. The van der Waals surface area contributed by atoms with E-state index in [0.29, 0.717) is 0 Å². The molecule has 1 saturated heterocycles. The molecule has 1 aromatic heterocycles. The molecule has 0 bridgehead atoms. The number of benzene rings is 1. The molecule has 0 unspecified atom stereocenters. The lowest BCUT2D eigenvalue weighted by Crippen LogP contribution is -2.35. The number of rotatable bonds is 6. The van der Waals surface area contributed by atoms with Gasteiger partial charge in [0, 0.05) is 38.1 Å². The molecule has 0 spiro atoms. The third kappa shape index (κ3) is 7.13. The average molecular weight is 410 g/mol. The molecular weight excluding hydrogens is 381 g/mol. The maximum Gasteiger partial charge on any atom is 0.253 e. The summed E-state index contributed by atoms with van der Waals surface area (Å²) >= 11 is 0. The van der Waals surface area contributed by atoms with E-state index in [-0.39, 0.29) is 30.7 Å². The first-order chi connectivity index (χ1) is 12.2. The Labute approximate surface area is 174 Å². The van der Waals surface area contributed by atoms with Crippen molar-refractivity contribution >= 4 is 30.7 Å². The van der Waals surface area contributed by atoms with Crippen LogP contribution in [0.4, 0.5) is 0 Å². The third-order valence-electron chi connectivity index (χ3n) is 5.10. The van der Waals surface area contributed by atoms with Crippen LogP contribution in [0.15, 0.2) is 54.9 Å². The van der Waals surface area contributed by atoms with Crippen LogP contribution < -0.4 is 0 Å². The van der Waals surface area contributed by atoms with Gasteiger partial charge in [-0.05, 0) is 56.0 Å². The van der Waals surface area contributed by atoms with Crippen LogP contribution in [0.5, 0.6) is 0 Å². The molecule has 0 aliphatic carbocycles. The van der Waals surface area contributed by atoms with Crippen LogP contribution in [-0.2, 0) is 6.54 Å². The van der Waals surface area contributed by atoms with E-state index in [2.05, 4.69) is 40.2 Å². The van der Waals surface area contributed by atoms with Gasteiger partial charge < -0.3 is 4.90 Å². The van der Waals surface area contributed by atoms with Crippen molar-refractivity contribution in [2.45, 2.75) is 25.8 Å². The lowest BCUT2D eigenvalue weighted by atomic mass is 9.93. The van der Waals surface area contributed by atoms with E-state index in [4.69, 9.17) is 0 Å². The van der Waals surface area contributed by atoms with Crippen molar-refractivity contribution in [3.8, 4) is 0 Å². The predicted octanol–water partition coefficient (Wildman–Crippen LogP) is 4.30. The van der Waals surface area contributed by atoms with Crippen LogP contribution in [0.2, 0.25) is 0 Å². The zero-order valence-electron chi connectivity index (χ0n) is 15.8. The average Bonchev–Trinajstić information content (AvgIpc) is 2.68. The molecular formula is C21H29Cl2N3O. The van der Waals surface area contributed by atoms with Crippen molar-refractivity contribution in [1.82, 2.24) is 14.8 Å². The lowest BCUT2D eigenvalue weighted by Gasteiger charge is -2.32. The maximum atomic E-state index is 12.4. The summed E-state index contributed by atoms with van der Waals surface area (Å²) in [4.78, 5) is 20.7. The van der Waals surface area contributed by atoms with Crippen molar-refractivity contribution in [3.63, 3.8) is 0 Å². The van der Waals surface area contributed by atoms with E-state index in [1.165, 1.54) is 18.4 Å². The number of hydrogen-bond acceptors (Lipinski definition) is 3. The zero-order valence-corrected chi connectivity index (χ0v) is 17.4. The van der Waals surface area contributed by atoms with E-state index in [0.717, 1.165) is 44.1 Å². The summed E-state index contributed by atoms with van der Waals surface area (Å²) in [7, 11) is 1.90. The molecule has 1 fully saturated rings. The van der Waals surface area contributed by atoms with E-state index in [1.54, 1.807) is 24.5 Å². The molecule has 1 aliphatic rings. The maximum absolute atomic E-state index is 12.4. The number of amides is 1. The molecule has 0 N–H and O–H groups in total. The number of likely N-dealkylation sites (tertiary alicyclic amines) is 1. The minimum Gasteiger partial charge on any atom is -0.342 e. The normalized spacial score (nSPS) is 14.7. The van der Waals surface area contributed by atoms with E-state index >= 15 is 0 Å². The molecule has 0 atom stereocenters. The second kappa shape index (κ2) is 12.0. The Morgan fingerprint density at radius 2 is 1.70 bits per heavy atom. The third-order valence-corrected chi connectivity index (χ3v) is 5.10. The van der Waals surface area contributed by atoms with E-state index in [9.17, 15) is 4.79 Å². The quantitative estimate of drug-likeness (QED) is 0.713. The minimum atomic E-state index is 0. The SMILES string of the molecule is CN(CCC1CCN(Cc2ccccc2)CC1)C(=O)c1ccncc1.Cl.Cl. The highest BCUT2D eigenvalue weighted by Crippen LogP contribution is 2.22. The van der Waals surface area contributed by atoms with Gasteiger partial charge in [0.25, 0.3) is 5.91 Å². The van der Waals surface area contributed by atoms with Crippen LogP contribution in [0, 0.1) is 5.92 Å². The molecule has 148 valence electrons. The number of carbonyl (C=O) groups is 1. The lowest BCUT2D eigenvalue weighted by molar-refractivity contribution is 0.0776.